The minimum atomic E-state index is -0.399. The molecule has 4 fully saturated rings. The molecule has 4 bridgehead atoms. The molecule has 13 heavy (non-hydrogen) atoms. The van der Waals surface area contributed by atoms with Gasteiger partial charge in [0, 0.05) is 11.8 Å². The van der Waals surface area contributed by atoms with Crippen molar-refractivity contribution in [2.75, 3.05) is 7.11 Å². The number of Topliss-reactive ketones (excluding diaryl/α,β-unsaturated/α-hetero) is 1. The van der Waals surface area contributed by atoms with Gasteiger partial charge in [-0.05, 0) is 18.3 Å². The molecule has 4 saturated carbocycles. The molecule has 4 aliphatic carbocycles. The maximum absolute atomic E-state index is 11.6. The first-order chi connectivity index (χ1) is 6.08. The molecule has 0 radical (unpaired) electrons. The summed E-state index contributed by atoms with van der Waals surface area (Å²) in [4.78, 5) is 23.2. The van der Waals surface area contributed by atoms with E-state index in [0.717, 1.165) is 12.8 Å². The highest BCUT2D eigenvalue weighted by Crippen LogP contribution is 2.85. The third kappa shape index (κ3) is 0.478. The van der Waals surface area contributed by atoms with Gasteiger partial charge in [0.1, 0.15) is 5.78 Å². The zero-order valence-corrected chi connectivity index (χ0v) is 7.79. The predicted octanol–water partition coefficient (Wildman–Crippen LogP) is 0.775. The highest BCUT2D eigenvalue weighted by Gasteiger charge is 2.90. The second-order valence-corrected chi connectivity index (χ2v) is 4.82. The molecular weight excluding hydrogens is 168 g/mol. The molecule has 0 spiro atoms. The average Bonchev–Trinajstić information content (AvgIpc) is 2.40. The lowest BCUT2D eigenvalue weighted by molar-refractivity contribution is -0.148. The summed E-state index contributed by atoms with van der Waals surface area (Å²) < 4.78 is 4.80. The minimum absolute atomic E-state index is 0.00236. The van der Waals surface area contributed by atoms with Crippen LogP contribution in [0, 0.1) is 22.7 Å². The average molecular weight is 180 g/mol. The van der Waals surface area contributed by atoms with E-state index < -0.39 is 5.41 Å². The zero-order valence-electron chi connectivity index (χ0n) is 7.79. The van der Waals surface area contributed by atoms with Crippen LogP contribution in [0.5, 0.6) is 0 Å². The summed E-state index contributed by atoms with van der Waals surface area (Å²) in [6, 6.07) is 0. The Morgan fingerprint density at radius 3 is 2.54 bits per heavy atom. The molecule has 0 unspecified atom stereocenters. The third-order valence-corrected chi connectivity index (χ3v) is 4.54. The van der Waals surface area contributed by atoms with Crippen molar-refractivity contribution in [3.05, 3.63) is 0 Å². The Morgan fingerprint density at radius 1 is 1.54 bits per heavy atom. The van der Waals surface area contributed by atoms with Crippen LogP contribution in [0.25, 0.3) is 0 Å². The highest BCUT2D eigenvalue weighted by atomic mass is 16.5. The van der Waals surface area contributed by atoms with Crippen molar-refractivity contribution < 1.29 is 14.3 Å². The summed E-state index contributed by atoms with van der Waals surface area (Å²) in [5.74, 6) is 0.313. The first-order valence-electron chi connectivity index (χ1n) is 4.70. The van der Waals surface area contributed by atoms with Crippen LogP contribution in [-0.4, -0.2) is 18.9 Å². The summed E-state index contributed by atoms with van der Waals surface area (Å²) >= 11 is 0. The summed E-state index contributed by atoms with van der Waals surface area (Å²) in [7, 11) is 1.41. The smallest absolute Gasteiger partial charge is 0.313 e. The predicted molar refractivity (Wildman–Crippen MR) is 43.8 cm³/mol. The molecule has 0 N–H and O–H groups in total. The van der Waals surface area contributed by atoms with E-state index in [4.69, 9.17) is 4.74 Å². The van der Waals surface area contributed by atoms with Crippen LogP contribution in [0.4, 0.5) is 0 Å². The molecule has 0 heterocycles. The SMILES string of the molecule is COC(=O)[C@@]12C[C@H]3C[C@@]1(C)[C@@H]2C3=O. The highest BCUT2D eigenvalue weighted by molar-refractivity contribution is 6.04. The lowest BCUT2D eigenvalue weighted by Gasteiger charge is -2.09. The monoisotopic (exact) mass is 180 g/mol. The topological polar surface area (TPSA) is 43.4 Å². The van der Waals surface area contributed by atoms with Crippen molar-refractivity contribution in [1.82, 2.24) is 0 Å². The van der Waals surface area contributed by atoms with Gasteiger partial charge >= 0.3 is 5.97 Å². The van der Waals surface area contributed by atoms with E-state index in [9.17, 15) is 9.59 Å². The Balaban J connectivity index is 2.08. The molecule has 4 aliphatic rings. The van der Waals surface area contributed by atoms with Crippen LogP contribution in [-0.2, 0) is 14.3 Å². The quantitative estimate of drug-likeness (QED) is 0.560. The number of methoxy groups -OCH3 is 1. The van der Waals surface area contributed by atoms with Crippen LogP contribution < -0.4 is 0 Å². The van der Waals surface area contributed by atoms with Crippen molar-refractivity contribution in [3.63, 3.8) is 0 Å². The van der Waals surface area contributed by atoms with Crippen molar-refractivity contribution in [2.24, 2.45) is 22.7 Å². The van der Waals surface area contributed by atoms with Crippen molar-refractivity contribution in [3.8, 4) is 0 Å². The number of carbonyl (C=O) groups excluding carboxylic acids is 2. The molecule has 0 amide bonds. The van der Waals surface area contributed by atoms with Crippen LogP contribution in [0.3, 0.4) is 0 Å². The number of rotatable bonds is 1. The maximum Gasteiger partial charge on any atom is 0.313 e. The summed E-state index contributed by atoms with van der Waals surface area (Å²) in [6.07, 6.45) is 1.66. The van der Waals surface area contributed by atoms with Crippen molar-refractivity contribution in [2.45, 2.75) is 19.8 Å². The Kier molecular flexibility index (Phi) is 0.972. The van der Waals surface area contributed by atoms with Crippen LogP contribution in [0.15, 0.2) is 0 Å². The van der Waals surface area contributed by atoms with Gasteiger partial charge in [-0.1, -0.05) is 6.92 Å². The van der Waals surface area contributed by atoms with Crippen molar-refractivity contribution in [1.29, 1.82) is 0 Å². The van der Waals surface area contributed by atoms with Crippen LogP contribution in [0.1, 0.15) is 19.8 Å². The largest absolute Gasteiger partial charge is 0.469 e. The number of ether oxygens (including phenoxy) is 1. The molecule has 4 atom stereocenters. The molecule has 0 aromatic heterocycles. The number of hydrogen-bond acceptors (Lipinski definition) is 3. The van der Waals surface area contributed by atoms with Gasteiger partial charge in [-0.25, -0.2) is 0 Å². The Bertz CT molecular complexity index is 335. The second-order valence-electron chi connectivity index (χ2n) is 4.82. The van der Waals surface area contributed by atoms with E-state index in [0.29, 0.717) is 5.78 Å². The first kappa shape index (κ1) is 7.54. The summed E-state index contributed by atoms with van der Waals surface area (Å²) in [5.41, 5.74) is -0.439. The molecule has 3 nitrogen and oxygen atoms in total. The molecule has 0 aromatic rings. The summed E-state index contributed by atoms with van der Waals surface area (Å²) in [6.45, 7) is 2.06. The van der Waals surface area contributed by atoms with Crippen LogP contribution >= 0.6 is 0 Å². The van der Waals surface area contributed by atoms with Crippen molar-refractivity contribution >= 4 is 11.8 Å². The molecule has 70 valence electrons. The van der Waals surface area contributed by atoms with Gasteiger partial charge in [0.05, 0.1) is 12.5 Å². The van der Waals surface area contributed by atoms with E-state index in [-0.39, 0.29) is 23.2 Å². The molecule has 0 aliphatic heterocycles. The number of ketones is 1. The van der Waals surface area contributed by atoms with E-state index in [2.05, 4.69) is 6.92 Å². The van der Waals surface area contributed by atoms with Crippen LogP contribution in [0.2, 0.25) is 0 Å². The van der Waals surface area contributed by atoms with Gasteiger partial charge in [0.15, 0.2) is 0 Å². The van der Waals surface area contributed by atoms with E-state index >= 15 is 0 Å². The number of esters is 1. The molecule has 3 heteroatoms. The van der Waals surface area contributed by atoms with Gasteiger partial charge in [-0.3, -0.25) is 9.59 Å². The van der Waals surface area contributed by atoms with Gasteiger partial charge < -0.3 is 4.74 Å². The minimum Gasteiger partial charge on any atom is -0.469 e. The Morgan fingerprint density at radius 2 is 2.23 bits per heavy atom. The fourth-order valence-corrected chi connectivity index (χ4v) is 3.99. The first-order valence-corrected chi connectivity index (χ1v) is 4.70. The molecular formula is C10H12O3. The Hall–Kier alpha value is -0.860. The number of hydrogen-bond donors (Lipinski definition) is 0. The fourth-order valence-electron chi connectivity index (χ4n) is 3.99. The van der Waals surface area contributed by atoms with E-state index in [1.165, 1.54) is 7.11 Å². The zero-order chi connectivity index (χ0) is 9.43. The van der Waals surface area contributed by atoms with Gasteiger partial charge in [-0.2, -0.15) is 0 Å². The Labute approximate surface area is 76.4 Å². The maximum atomic E-state index is 11.6. The summed E-state index contributed by atoms with van der Waals surface area (Å²) in [5, 5.41) is 0. The normalized spacial score (nSPS) is 55.4. The lowest BCUT2D eigenvalue weighted by atomic mass is 9.99. The lowest BCUT2D eigenvalue weighted by Crippen LogP contribution is -2.19. The number of carbonyl (C=O) groups is 2. The van der Waals surface area contributed by atoms with Gasteiger partial charge in [0.2, 0.25) is 0 Å². The second kappa shape index (κ2) is 1.68. The van der Waals surface area contributed by atoms with E-state index in [1.807, 2.05) is 0 Å². The fraction of sp³-hybridized carbons (Fsp3) is 0.800. The van der Waals surface area contributed by atoms with Gasteiger partial charge in [0.25, 0.3) is 0 Å². The van der Waals surface area contributed by atoms with Gasteiger partial charge in [-0.15, -0.1) is 0 Å². The molecule has 0 saturated heterocycles. The standard InChI is InChI=1S/C10H12O3/c1-9-3-5-4-10(9,8(12)13-2)7(9)6(5)11/h5,7H,3-4H2,1-2H3/t5-,7+,9+,10+/m1/s1. The molecule has 0 aromatic carbocycles. The third-order valence-electron chi connectivity index (χ3n) is 4.54. The molecule has 4 rings (SSSR count). The van der Waals surface area contributed by atoms with E-state index in [1.54, 1.807) is 0 Å².